The fraction of sp³-hybridized carbons (Fsp3) is 0.462. The predicted octanol–water partition coefficient (Wildman–Crippen LogP) is 2.59. The molecule has 110 valence electrons. The first-order valence-electron chi connectivity index (χ1n) is 6.26. The Morgan fingerprint density at radius 1 is 1.45 bits per heavy atom. The number of rotatable bonds is 4. The van der Waals surface area contributed by atoms with E-state index in [1.807, 2.05) is 6.92 Å². The zero-order chi connectivity index (χ0) is 15.1. The molecular weight excluding hydrogens is 305 g/mol. The predicted molar refractivity (Wildman–Crippen MR) is 73.8 cm³/mol. The number of hydrogen-bond donors (Lipinski definition) is 1. The van der Waals surface area contributed by atoms with Crippen LogP contribution in [0.4, 0.5) is 4.39 Å². The van der Waals surface area contributed by atoms with Gasteiger partial charge in [0.15, 0.2) is 0 Å². The number of carbonyl (C=O) groups excluding carboxylic acids is 1. The van der Waals surface area contributed by atoms with E-state index in [1.54, 1.807) is 0 Å². The third kappa shape index (κ3) is 3.30. The van der Waals surface area contributed by atoms with Gasteiger partial charge in [0, 0.05) is 16.7 Å². The Kier molecular flexibility index (Phi) is 4.07. The maximum Gasteiger partial charge on any atom is 0.261 e. The average molecular weight is 320 g/mol. The van der Waals surface area contributed by atoms with Gasteiger partial charge in [0.2, 0.25) is 0 Å². The Morgan fingerprint density at radius 3 is 2.55 bits per heavy atom. The Hall–Kier alpha value is -1.14. The Labute approximate surface area is 121 Å². The minimum absolute atomic E-state index is 0.0562. The zero-order valence-corrected chi connectivity index (χ0v) is 12.7. The van der Waals surface area contributed by atoms with E-state index in [0.29, 0.717) is 5.92 Å². The minimum atomic E-state index is -4.01. The summed E-state index contributed by atoms with van der Waals surface area (Å²) in [6.45, 7) is 3.27. The van der Waals surface area contributed by atoms with Crippen molar-refractivity contribution in [1.29, 1.82) is 0 Å². The molecule has 1 amide bonds. The van der Waals surface area contributed by atoms with Crippen LogP contribution in [0.15, 0.2) is 17.0 Å². The van der Waals surface area contributed by atoms with Crippen LogP contribution < -0.4 is 5.32 Å². The molecule has 4 nitrogen and oxygen atoms in total. The molecule has 0 spiro atoms. The summed E-state index contributed by atoms with van der Waals surface area (Å²) in [7, 11) is 1.26. The average Bonchev–Trinajstić information content (AvgIpc) is 3.10. The summed E-state index contributed by atoms with van der Waals surface area (Å²) < 4.78 is 36.6. The number of hydrogen-bond acceptors (Lipinski definition) is 3. The van der Waals surface area contributed by atoms with Crippen molar-refractivity contribution >= 4 is 25.6 Å². The second-order valence-electron chi connectivity index (χ2n) is 5.13. The summed E-state index contributed by atoms with van der Waals surface area (Å²) in [6, 6.07) is 1.94. The molecule has 0 aromatic heterocycles. The van der Waals surface area contributed by atoms with Crippen molar-refractivity contribution in [3.63, 3.8) is 0 Å². The van der Waals surface area contributed by atoms with Gasteiger partial charge in [-0.25, -0.2) is 12.8 Å². The summed E-state index contributed by atoms with van der Waals surface area (Å²) >= 11 is 0. The molecule has 1 aromatic carbocycles. The van der Waals surface area contributed by atoms with Crippen molar-refractivity contribution in [3.05, 3.63) is 29.1 Å². The summed E-state index contributed by atoms with van der Waals surface area (Å²) in [5.41, 5.74) is -0.133. The largest absolute Gasteiger partial charge is 0.349 e. The molecule has 1 N–H and O–H groups in total. The Morgan fingerprint density at radius 2 is 2.05 bits per heavy atom. The Bertz CT molecular complexity index is 656. The SMILES string of the molecule is Cc1cc(F)c(C(=O)NC(C)C2CC2)cc1S(=O)(=O)Cl. The van der Waals surface area contributed by atoms with Gasteiger partial charge < -0.3 is 5.32 Å². The highest BCUT2D eigenvalue weighted by Crippen LogP contribution is 2.32. The highest BCUT2D eigenvalue weighted by Gasteiger charge is 2.30. The van der Waals surface area contributed by atoms with Crippen molar-refractivity contribution in [1.82, 2.24) is 5.32 Å². The van der Waals surface area contributed by atoms with E-state index in [2.05, 4.69) is 5.32 Å². The van der Waals surface area contributed by atoms with Crippen molar-refractivity contribution in [3.8, 4) is 0 Å². The number of aryl methyl sites for hydroxylation is 1. The van der Waals surface area contributed by atoms with Gasteiger partial charge >= 0.3 is 0 Å². The molecule has 1 aliphatic rings. The third-order valence-corrected chi connectivity index (χ3v) is 4.92. The van der Waals surface area contributed by atoms with E-state index in [9.17, 15) is 17.6 Å². The standard InChI is InChI=1S/C13H15ClFNO3S/c1-7-5-11(15)10(6-12(7)20(14,18)19)13(17)16-8(2)9-3-4-9/h5-6,8-9H,3-4H2,1-2H3,(H,16,17). The summed E-state index contributed by atoms with van der Waals surface area (Å²) in [6.07, 6.45) is 2.08. The van der Waals surface area contributed by atoms with E-state index in [-0.39, 0.29) is 22.1 Å². The second kappa shape index (κ2) is 5.33. The Balaban J connectivity index is 2.33. The molecule has 20 heavy (non-hydrogen) atoms. The maximum absolute atomic E-state index is 13.8. The molecule has 1 atom stereocenters. The van der Waals surface area contributed by atoms with Gasteiger partial charge in [-0.05, 0) is 50.3 Å². The molecule has 1 saturated carbocycles. The van der Waals surface area contributed by atoms with E-state index in [0.717, 1.165) is 25.0 Å². The summed E-state index contributed by atoms with van der Waals surface area (Å²) in [5.74, 6) is -0.959. The molecule has 0 aliphatic heterocycles. The number of nitrogens with one attached hydrogen (secondary N) is 1. The minimum Gasteiger partial charge on any atom is -0.349 e. The molecule has 0 heterocycles. The molecule has 1 fully saturated rings. The molecule has 0 radical (unpaired) electrons. The molecule has 1 aromatic rings. The lowest BCUT2D eigenvalue weighted by Gasteiger charge is -2.14. The highest BCUT2D eigenvalue weighted by atomic mass is 35.7. The van der Waals surface area contributed by atoms with Crippen molar-refractivity contribution < 1.29 is 17.6 Å². The first-order valence-corrected chi connectivity index (χ1v) is 8.56. The van der Waals surface area contributed by atoms with Gasteiger partial charge in [-0.2, -0.15) is 0 Å². The van der Waals surface area contributed by atoms with E-state index < -0.39 is 20.8 Å². The van der Waals surface area contributed by atoms with Crippen LogP contribution in [-0.4, -0.2) is 20.4 Å². The van der Waals surface area contributed by atoms with Crippen molar-refractivity contribution in [2.45, 2.75) is 37.6 Å². The first-order chi connectivity index (χ1) is 9.20. The van der Waals surface area contributed by atoms with Crippen LogP contribution in [0.2, 0.25) is 0 Å². The fourth-order valence-corrected chi connectivity index (χ4v) is 3.29. The lowest BCUT2D eigenvalue weighted by Crippen LogP contribution is -2.34. The first kappa shape index (κ1) is 15.3. The molecule has 2 rings (SSSR count). The van der Waals surface area contributed by atoms with Gasteiger partial charge in [-0.1, -0.05) is 0 Å². The lowest BCUT2D eigenvalue weighted by molar-refractivity contribution is 0.0931. The smallest absolute Gasteiger partial charge is 0.261 e. The van der Waals surface area contributed by atoms with E-state index >= 15 is 0 Å². The van der Waals surface area contributed by atoms with Crippen LogP contribution in [0.1, 0.15) is 35.7 Å². The van der Waals surface area contributed by atoms with Gasteiger partial charge in [-0.15, -0.1) is 0 Å². The number of carbonyl (C=O) groups is 1. The monoisotopic (exact) mass is 319 g/mol. The van der Waals surface area contributed by atoms with Crippen LogP contribution in [0.25, 0.3) is 0 Å². The summed E-state index contributed by atoms with van der Waals surface area (Å²) in [5, 5.41) is 2.68. The second-order valence-corrected chi connectivity index (χ2v) is 7.67. The quantitative estimate of drug-likeness (QED) is 0.868. The molecular formula is C13H15ClFNO3S. The number of halogens is 2. The number of amides is 1. The number of benzene rings is 1. The van der Waals surface area contributed by atoms with Crippen LogP contribution in [0.5, 0.6) is 0 Å². The van der Waals surface area contributed by atoms with Crippen LogP contribution >= 0.6 is 10.7 Å². The fourth-order valence-electron chi connectivity index (χ4n) is 2.09. The van der Waals surface area contributed by atoms with Gasteiger partial charge in [0.05, 0.1) is 10.5 Å². The molecule has 1 unspecified atom stereocenters. The van der Waals surface area contributed by atoms with Gasteiger partial charge in [0.1, 0.15) is 5.82 Å². The highest BCUT2D eigenvalue weighted by molar-refractivity contribution is 8.13. The lowest BCUT2D eigenvalue weighted by atomic mass is 10.1. The van der Waals surface area contributed by atoms with Gasteiger partial charge in [0.25, 0.3) is 15.0 Å². The summed E-state index contributed by atoms with van der Waals surface area (Å²) in [4.78, 5) is 11.8. The zero-order valence-electron chi connectivity index (χ0n) is 11.1. The van der Waals surface area contributed by atoms with Crippen LogP contribution in [-0.2, 0) is 9.05 Å². The van der Waals surface area contributed by atoms with E-state index in [1.165, 1.54) is 6.92 Å². The normalized spacial score (nSPS) is 16.8. The molecule has 7 heteroatoms. The van der Waals surface area contributed by atoms with Crippen molar-refractivity contribution in [2.24, 2.45) is 5.92 Å². The van der Waals surface area contributed by atoms with Crippen LogP contribution in [0, 0.1) is 18.7 Å². The van der Waals surface area contributed by atoms with Crippen molar-refractivity contribution in [2.75, 3.05) is 0 Å². The molecule has 0 saturated heterocycles. The third-order valence-electron chi connectivity index (χ3n) is 3.46. The van der Waals surface area contributed by atoms with E-state index in [4.69, 9.17) is 10.7 Å². The topological polar surface area (TPSA) is 63.2 Å². The maximum atomic E-state index is 13.8. The van der Waals surface area contributed by atoms with Gasteiger partial charge in [-0.3, -0.25) is 4.79 Å². The molecule has 1 aliphatic carbocycles. The van der Waals surface area contributed by atoms with Crippen LogP contribution in [0.3, 0.4) is 0 Å². The molecule has 0 bridgehead atoms.